The molecule has 0 spiro atoms. The quantitative estimate of drug-likeness (QED) is 0.323. The zero-order chi connectivity index (χ0) is 13.7. The fraction of sp³-hybridized carbons (Fsp3) is 0.889. The zero-order valence-corrected chi connectivity index (χ0v) is 10.8. The Labute approximate surface area is 108 Å². The van der Waals surface area contributed by atoms with E-state index in [0.717, 1.165) is 0 Å². The van der Waals surface area contributed by atoms with Crippen molar-refractivity contribution in [1.82, 2.24) is 0 Å². The number of carbonyl (C=O) groups is 1. The van der Waals surface area contributed by atoms with Gasteiger partial charge in [0.15, 0.2) is 0 Å². The SMILES string of the molecule is CS[C@@H]1O[C@H](COC(C)=O)[C@H](O)[C@H](N=[N+]=[N-])[C@H]1O. The van der Waals surface area contributed by atoms with E-state index in [0.29, 0.717) is 0 Å². The minimum Gasteiger partial charge on any atom is -0.463 e. The van der Waals surface area contributed by atoms with Crippen LogP contribution in [0.4, 0.5) is 0 Å². The molecule has 0 aromatic heterocycles. The molecule has 0 saturated carbocycles. The van der Waals surface area contributed by atoms with Crippen LogP contribution in [-0.2, 0) is 14.3 Å². The fourth-order valence-corrected chi connectivity index (χ4v) is 2.34. The number of carbonyl (C=O) groups excluding carboxylic acids is 1. The molecule has 5 atom stereocenters. The van der Waals surface area contributed by atoms with Crippen LogP contribution in [0.2, 0.25) is 0 Å². The van der Waals surface area contributed by atoms with Gasteiger partial charge in [-0.15, -0.1) is 11.8 Å². The van der Waals surface area contributed by atoms with Gasteiger partial charge in [0, 0.05) is 11.8 Å². The van der Waals surface area contributed by atoms with Crippen molar-refractivity contribution in [1.29, 1.82) is 0 Å². The van der Waals surface area contributed by atoms with E-state index in [2.05, 4.69) is 10.0 Å². The monoisotopic (exact) mass is 277 g/mol. The van der Waals surface area contributed by atoms with Gasteiger partial charge in [-0.1, -0.05) is 5.11 Å². The van der Waals surface area contributed by atoms with Crippen LogP contribution in [0.15, 0.2) is 5.11 Å². The molecule has 0 aliphatic carbocycles. The van der Waals surface area contributed by atoms with Crippen LogP contribution >= 0.6 is 11.8 Å². The van der Waals surface area contributed by atoms with Crippen molar-refractivity contribution in [2.45, 2.75) is 36.7 Å². The van der Waals surface area contributed by atoms with E-state index in [1.165, 1.54) is 18.7 Å². The molecular formula is C9H15N3O5S. The lowest BCUT2D eigenvalue weighted by Crippen LogP contribution is -2.56. The standard InChI is InChI=1S/C9H15N3O5S/c1-4(13)16-3-5-7(14)6(11-12-10)8(15)9(17-5)18-2/h5-9,14-15H,3H2,1-2H3/t5-,6+,7+,8-,9+/m1/s1. The smallest absolute Gasteiger partial charge is 0.302 e. The predicted molar refractivity (Wildman–Crippen MR) is 63.8 cm³/mol. The van der Waals surface area contributed by atoms with Crippen molar-refractivity contribution in [3.63, 3.8) is 0 Å². The number of aliphatic hydroxyl groups is 2. The van der Waals surface area contributed by atoms with Gasteiger partial charge >= 0.3 is 5.97 Å². The summed E-state index contributed by atoms with van der Waals surface area (Å²) in [6, 6.07) is -1.03. The molecule has 9 heteroatoms. The summed E-state index contributed by atoms with van der Waals surface area (Å²) in [4.78, 5) is 13.3. The molecule has 18 heavy (non-hydrogen) atoms. The molecule has 0 aromatic carbocycles. The third kappa shape index (κ3) is 3.50. The number of rotatable bonds is 4. The Morgan fingerprint density at radius 2 is 2.22 bits per heavy atom. The van der Waals surface area contributed by atoms with Crippen molar-refractivity contribution in [3.8, 4) is 0 Å². The fourth-order valence-electron chi connectivity index (χ4n) is 1.64. The van der Waals surface area contributed by atoms with Crippen LogP contribution < -0.4 is 0 Å². The lowest BCUT2D eigenvalue weighted by molar-refractivity contribution is -0.174. The molecule has 102 valence electrons. The van der Waals surface area contributed by atoms with Gasteiger partial charge in [-0.05, 0) is 11.8 Å². The van der Waals surface area contributed by atoms with Gasteiger partial charge < -0.3 is 19.7 Å². The van der Waals surface area contributed by atoms with Crippen LogP contribution in [0, 0.1) is 0 Å². The normalized spacial score (nSPS) is 35.7. The van der Waals surface area contributed by atoms with Crippen molar-refractivity contribution in [2.24, 2.45) is 5.11 Å². The van der Waals surface area contributed by atoms with Crippen LogP contribution in [0.1, 0.15) is 6.92 Å². The highest BCUT2D eigenvalue weighted by atomic mass is 32.2. The van der Waals surface area contributed by atoms with E-state index < -0.39 is 35.8 Å². The topological polar surface area (TPSA) is 125 Å². The second-order valence-electron chi connectivity index (χ2n) is 3.76. The van der Waals surface area contributed by atoms with E-state index in [4.69, 9.17) is 15.0 Å². The maximum atomic E-state index is 10.7. The number of ether oxygens (including phenoxy) is 2. The number of aliphatic hydroxyl groups excluding tert-OH is 2. The number of azide groups is 1. The van der Waals surface area contributed by atoms with Crippen molar-refractivity contribution in [2.75, 3.05) is 12.9 Å². The molecule has 0 aromatic rings. The van der Waals surface area contributed by atoms with E-state index in [1.807, 2.05) is 0 Å². The van der Waals surface area contributed by atoms with E-state index in [9.17, 15) is 15.0 Å². The lowest BCUT2D eigenvalue weighted by atomic mass is 9.98. The number of hydrogen-bond donors (Lipinski definition) is 2. The molecule has 1 aliphatic rings. The molecule has 8 nitrogen and oxygen atoms in total. The summed E-state index contributed by atoms with van der Waals surface area (Å²) in [6.07, 6.45) is -1.45. The summed E-state index contributed by atoms with van der Waals surface area (Å²) >= 11 is 1.22. The average Bonchev–Trinajstić information content (AvgIpc) is 2.33. The first-order valence-electron chi connectivity index (χ1n) is 5.23. The minimum atomic E-state index is -1.22. The first-order chi connectivity index (χ1) is 8.51. The summed E-state index contributed by atoms with van der Waals surface area (Å²) in [7, 11) is 0. The maximum absolute atomic E-state index is 10.7. The van der Waals surface area contributed by atoms with Crippen LogP contribution in [-0.4, -0.2) is 58.8 Å². The molecule has 0 bridgehead atoms. The molecule has 0 radical (unpaired) electrons. The van der Waals surface area contributed by atoms with E-state index >= 15 is 0 Å². The highest BCUT2D eigenvalue weighted by molar-refractivity contribution is 7.99. The summed E-state index contributed by atoms with van der Waals surface area (Å²) in [5.41, 5.74) is 7.77. The third-order valence-corrected chi connectivity index (χ3v) is 3.39. The van der Waals surface area contributed by atoms with Gasteiger partial charge in [0.1, 0.15) is 24.3 Å². The molecule has 0 amide bonds. The second kappa shape index (κ2) is 6.81. The highest BCUT2D eigenvalue weighted by Gasteiger charge is 2.44. The second-order valence-corrected chi connectivity index (χ2v) is 4.69. The Morgan fingerprint density at radius 1 is 1.56 bits per heavy atom. The van der Waals surface area contributed by atoms with Gasteiger partial charge in [-0.2, -0.15) is 0 Å². The maximum Gasteiger partial charge on any atom is 0.302 e. The van der Waals surface area contributed by atoms with Crippen LogP contribution in [0.25, 0.3) is 10.4 Å². The Bertz CT molecular complexity index is 349. The third-order valence-electron chi connectivity index (χ3n) is 2.54. The summed E-state index contributed by atoms with van der Waals surface area (Å²) in [5, 5.41) is 23.1. The van der Waals surface area contributed by atoms with Gasteiger partial charge in [-0.25, -0.2) is 0 Å². The molecule has 1 aliphatic heterocycles. The van der Waals surface area contributed by atoms with Gasteiger partial charge in [0.05, 0.1) is 12.1 Å². The molecular weight excluding hydrogens is 262 g/mol. The van der Waals surface area contributed by atoms with Crippen molar-refractivity contribution < 1.29 is 24.5 Å². The molecule has 0 unspecified atom stereocenters. The van der Waals surface area contributed by atoms with Crippen molar-refractivity contribution in [3.05, 3.63) is 10.4 Å². The first kappa shape index (κ1) is 15.1. The average molecular weight is 277 g/mol. The Morgan fingerprint density at radius 3 is 2.72 bits per heavy atom. The minimum absolute atomic E-state index is 0.155. The number of nitrogens with zero attached hydrogens (tertiary/aromatic N) is 3. The molecule has 1 rings (SSSR count). The lowest BCUT2D eigenvalue weighted by Gasteiger charge is -2.40. The zero-order valence-electron chi connectivity index (χ0n) is 9.96. The van der Waals surface area contributed by atoms with E-state index in [1.54, 1.807) is 6.26 Å². The van der Waals surface area contributed by atoms with Gasteiger partial charge in [0.2, 0.25) is 0 Å². The van der Waals surface area contributed by atoms with Gasteiger partial charge in [0.25, 0.3) is 0 Å². The number of esters is 1. The molecule has 2 N–H and O–H groups in total. The van der Waals surface area contributed by atoms with Crippen molar-refractivity contribution >= 4 is 17.7 Å². The van der Waals surface area contributed by atoms with Crippen LogP contribution in [0.3, 0.4) is 0 Å². The Hall–Kier alpha value is -0.990. The summed E-state index contributed by atoms with van der Waals surface area (Å²) in [5.74, 6) is -0.502. The Kier molecular flexibility index (Phi) is 5.70. The summed E-state index contributed by atoms with van der Waals surface area (Å²) in [6.45, 7) is 1.08. The number of thioether (sulfide) groups is 1. The number of hydrogen-bond acceptors (Lipinski definition) is 7. The largest absolute Gasteiger partial charge is 0.463 e. The van der Waals surface area contributed by atoms with E-state index in [-0.39, 0.29) is 6.61 Å². The first-order valence-corrected chi connectivity index (χ1v) is 6.52. The molecule has 1 fully saturated rings. The summed E-state index contributed by atoms with van der Waals surface area (Å²) < 4.78 is 10.1. The predicted octanol–water partition coefficient (Wildman–Crippen LogP) is 0.0381. The Balaban J connectivity index is 2.79. The van der Waals surface area contributed by atoms with Crippen LogP contribution in [0.5, 0.6) is 0 Å². The molecule has 1 saturated heterocycles. The highest BCUT2D eigenvalue weighted by Crippen LogP contribution is 2.29. The molecule has 1 heterocycles. The van der Waals surface area contributed by atoms with Gasteiger partial charge in [-0.3, -0.25) is 4.79 Å².